The topological polar surface area (TPSA) is 29.1 Å². The molecule has 0 spiro atoms. The van der Waals surface area contributed by atoms with Gasteiger partial charge in [-0.3, -0.25) is 4.79 Å². The van der Waals surface area contributed by atoms with E-state index < -0.39 is 5.24 Å². The third-order valence-corrected chi connectivity index (χ3v) is 1.52. The van der Waals surface area contributed by atoms with Crippen LogP contribution in [0.5, 0.6) is 0 Å². The summed E-state index contributed by atoms with van der Waals surface area (Å²) in [4.78, 5) is 10.5. The number of carbonyl (C=O) groups excluding carboxylic acids is 1. The first kappa shape index (κ1) is 11.2. The fraction of sp³-hybridized carbons (Fsp3) is 0.444. The first-order valence-corrected chi connectivity index (χ1v) is 4.40. The summed E-state index contributed by atoms with van der Waals surface area (Å²) in [7, 11) is 0. The highest BCUT2D eigenvalue weighted by molar-refractivity contribution is 6.67. The van der Waals surface area contributed by atoms with Crippen molar-refractivity contribution in [3.8, 4) is 0 Å². The summed E-state index contributed by atoms with van der Waals surface area (Å²) in [5.74, 6) is 0. The van der Waals surface area contributed by atoms with Gasteiger partial charge >= 0.3 is 0 Å². The van der Waals surface area contributed by atoms with Gasteiger partial charge in [-0.15, -0.1) is 0 Å². The molecule has 0 radical (unpaired) electrons. The molecule has 0 amide bonds. The van der Waals surface area contributed by atoms with Gasteiger partial charge in [-0.1, -0.05) is 25.5 Å². The van der Waals surface area contributed by atoms with Crippen molar-refractivity contribution in [3.05, 3.63) is 23.5 Å². The number of carbonyl (C=O) groups is 1. The number of rotatable bonds is 1. The van der Waals surface area contributed by atoms with E-state index in [2.05, 4.69) is 5.32 Å². The number of hydrogen-bond donors (Lipinski definition) is 1. The van der Waals surface area contributed by atoms with Gasteiger partial charge in [-0.25, -0.2) is 0 Å². The van der Waals surface area contributed by atoms with E-state index in [0.717, 1.165) is 6.42 Å². The summed E-state index contributed by atoms with van der Waals surface area (Å²) in [6.07, 6.45) is 4.38. The van der Waals surface area contributed by atoms with Crippen LogP contribution in [0, 0.1) is 0 Å². The average Bonchev–Trinajstić information content (AvgIpc) is 2.09. The number of dihydropyridines is 1. The maximum atomic E-state index is 10.5. The van der Waals surface area contributed by atoms with Crippen molar-refractivity contribution in [3.63, 3.8) is 0 Å². The Bertz CT molecular complexity index is 219. The number of allylic oxidation sites excluding steroid dienone is 3. The van der Waals surface area contributed by atoms with Gasteiger partial charge in [0.1, 0.15) is 0 Å². The second-order valence-corrected chi connectivity index (χ2v) is 2.57. The molecule has 0 atom stereocenters. The molecule has 2 nitrogen and oxygen atoms in total. The summed E-state index contributed by atoms with van der Waals surface area (Å²) in [6.45, 7) is 5.99. The van der Waals surface area contributed by atoms with Crippen LogP contribution in [0.3, 0.4) is 0 Å². The van der Waals surface area contributed by atoms with E-state index in [9.17, 15) is 4.79 Å². The van der Waals surface area contributed by atoms with Crippen LogP contribution in [-0.4, -0.2) is 5.24 Å². The van der Waals surface area contributed by atoms with E-state index in [4.69, 9.17) is 11.6 Å². The molecule has 68 valence electrons. The number of halogens is 1. The molecule has 0 aromatic carbocycles. The largest absolute Gasteiger partial charge is 0.358 e. The zero-order chi connectivity index (χ0) is 9.56. The number of nitrogens with one attached hydrogen (secondary N) is 1. The molecule has 1 rings (SSSR count). The lowest BCUT2D eigenvalue weighted by molar-refractivity contribution is -0.108. The Kier molecular flexibility index (Phi) is 5.47. The van der Waals surface area contributed by atoms with E-state index in [-0.39, 0.29) is 0 Å². The number of hydrogen-bond acceptors (Lipinski definition) is 2. The van der Waals surface area contributed by atoms with Crippen molar-refractivity contribution in [2.45, 2.75) is 27.2 Å². The van der Waals surface area contributed by atoms with Crippen LogP contribution in [0.25, 0.3) is 0 Å². The molecular weight excluding hydrogens is 174 g/mol. The Hall–Kier alpha value is -0.760. The molecule has 0 aromatic rings. The minimum absolute atomic E-state index is 0.427. The first-order valence-electron chi connectivity index (χ1n) is 4.02. The van der Waals surface area contributed by atoms with Crippen molar-refractivity contribution in [1.29, 1.82) is 0 Å². The van der Waals surface area contributed by atoms with Crippen LogP contribution in [0.15, 0.2) is 23.5 Å². The Morgan fingerprint density at radius 1 is 1.58 bits per heavy atom. The van der Waals surface area contributed by atoms with Gasteiger partial charge in [0.25, 0.3) is 5.24 Å². The average molecular weight is 188 g/mol. The zero-order valence-corrected chi connectivity index (χ0v) is 8.40. The molecule has 0 saturated heterocycles. The summed E-state index contributed by atoms with van der Waals surface area (Å²) in [6, 6.07) is 0. The van der Waals surface area contributed by atoms with Gasteiger partial charge in [0, 0.05) is 6.20 Å². The Balaban J connectivity index is 0.000000561. The van der Waals surface area contributed by atoms with Crippen LogP contribution in [0.4, 0.5) is 0 Å². The third kappa shape index (κ3) is 3.58. The molecule has 0 saturated carbocycles. The van der Waals surface area contributed by atoms with Crippen molar-refractivity contribution >= 4 is 16.8 Å². The van der Waals surface area contributed by atoms with Crippen molar-refractivity contribution in [2.75, 3.05) is 0 Å². The molecule has 1 aliphatic rings. The van der Waals surface area contributed by atoms with E-state index in [1.54, 1.807) is 12.3 Å². The molecule has 0 unspecified atom stereocenters. The minimum Gasteiger partial charge on any atom is -0.358 e. The summed E-state index contributed by atoms with van der Waals surface area (Å²) in [5.41, 5.74) is 1.67. The highest BCUT2D eigenvalue weighted by Crippen LogP contribution is 2.09. The van der Waals surface area contributed by atoms with Gasteiger partial charge in [-0.05, 0) is 24.9 Å². The lowest BCUT2D eigenvalue weighted by atomic mass is 10.1. The second kappa shape index (κ2) is 5.84. The quantitative estimate of drug-likeness (QED) is 0.640. The fourth-order valence-corrected chi connectivity index (χ4v) is 0.851. The highest BCUT2D eigenvalue weighted by Gasteiger charge is 2.06. The summed E-state index contributed by atoms with van der Waals surface area (Å²) >= 11 is 5.21. The van der Waals surface area contributed by atoms with Crippen LogP contribution in [0.2, 0.25) is 0 Å². The highest BCUT2D eigenvalue weighted by atomic mass is 35.5. The van der Waals surface area contributed by atoms with Crippen LogP contribution in [-0.2, 0) is 4.79 Å². The van der Waals surface area contributed by atoms with Gasteiger partial charge in [0.05, 0.1) is 5.70 Å². The van der Waals surface area contributed by atoms with Gasteiger partial charge in [-0.2, -0.15) is 0 Å². The standard InChI is InChI=1S/C7H8ClNO.C2H6/c1-5-2-3-6(7(8)10)9-4-5;1-2/h3-4,9H,2H2,1H3;1-2H3. The smallest absolute Gasteiger partial charge is 0.268 e. The lowest BCUT2D eigenvalue weighted by Crippen LogP contribution is -2.14. The molecule has 3 heteroatoms. The molecule has 0 fully saturated rings. The normalized spacial score (nSPS) is 14.7. The molecule has 1 aliphatic heterocycles. The van der Waals surface area contributed by atoms with Crippen molar-refractivity contribution < 1.29 is 4.79 Å². The summed E-state index contributed by atoms with van der Waals surface area (Å²) in [5, 5.41) is 2.36. The lowest BCUT2D eigenvalue weighted by Gasteiger charge is -2.08. The van der Waals surface area contributed by atoms with Crippen molar-refractivity contribution in [1.82, 2.24) is 5.32 Å². The molecular formula is C9H14ClNO. The second-order valence-electron chi connectivity index (χ2n) is 2.23. The van der Waals surface area contributed by atoms with E-state index in [1.807, 2.05) is 20.8 Å². The van der Waals surface area contributed by atoms with Gasteiger partial charge < -0.3 is 5.32 Å². The third-order valence-electron chi connectivity index (χ3n) is 1.31. The predicted octanol–water partition coefficient (Wildman–Crippen LogP) is 2.56. The Morgan fingerprint density at radius 3 is 2.50 bits per heavy atom. The molecule has 12 heavy (non-hydrogen) atoms. The Morgan fingerprint density at radius 2 is 2.17 bits per heavy atom. The predicted molar refractivity (Wildman–Crippen MR) is 51.8 cm³/mol. The monoisotopic (exact) mass is 187 g/mol. The molecule has 0 aliphatic carbocycles. The fourth-order valence-electron chi connectivity index (χ4n) is 0.719. The molecule has 1 heterocycles. The van der Waals surface area contributed by atoms with E-state index >= 15 is 0 Å². The maximum Gasteiger partial charge on any atom is 0.268 e. The first-order chi connectivity index (χ1) is 5.70. The minimum atomic E-state index is -0.427. The molecule has 0 aromatic heterocycles. The van der Waals surface area contributed by atoms with Crippen LogP contribution < -0.4 is 5.32 Å². The van der Waals surface area contributed by atoms with Crippen LogP contribution in [0.1, 0.15) is 27.2 Å². The van der Waals surface area contributed by atoms with Crippen molar-refractivity contribution in [2.24, 2.45) is 0 Å². The zero-order valence-electron chi connectivity index (χ0n) is 7.65. The Labute approximate surface area is 78.3 Å². The molecule has 0 bridgehead atoms. The van der Waals surface area contributed by atoms with Gasteiger partial charge in [0.15, 0.2) is 0 Å². The van der Waals surface area contributed by atoms with Crippen LogP contribution >= 0.6 is 11.6 Å². The van der Waals surface area contributed by atoms with E-state index in [1.165, 1.54) is 5.57 Å². The van der Waals surface area contributed by atoms with Gasteiger partial charge in [0.2, 0.25) is 0 Å². The summed E-state index contributed by atoms with van der Waals surface area (Å²) < 4.78 is 0. The van der Waals surface area contributed by atoms with E-state index in [0.29, 0.717) is 5.70 Å². The SMILES string of the molecule is CC.CC1=CNC(C(=O)Cl)=CC1. The maximum absolute atomic E-state index is 10.5. The molecule has 1 N–H and O–H groups in total.